The molecule has 0 atom stereocenters. The van der Waals surface area contributed by atoms with Crippen molar-refractivity contribution in [2.24, 2.45) is 0 Å². The Kier molecular flexibility index (Phi) is 1.73. The van der Waals surface area contributed by atoms with E-state index in [2.05, 4.69) is 5.10 Å². The topological polar surface area (TPSA) is 55.1 Å². The molecule has 5 heteroatoms. The molecule has 0 radical (unpaired) electrons. The average Bonchev–Trinajstić information content (AvgIpc) is 2.43. The third kappa shape index (κ3) is 1.14. The van der Waals surface area contributed by atoms with Gasteiger partial charge in [-0.15, -0.1) is 0 Å². The number of carbonyl (C=O) groups is 1. The molecule has 0 unspecified atom stereocenters. The maximum atomic E-state index is 12.9. The summed E-state index contributed by atoms with van der Waals surface area (Å²) in [5.74, 6) is -0.472. The molecule has 0 bridgehead atoms. The Bertz CT molecular complexity index is 519. The molecule has 2 aromatic rings. The molecular weight excluding hydrogens is 187 g/mol. The summed E-state index contributed by atoms with van der Waals surface area (Å²) in [4.78, 5) is 10.7. The largest absolute Gasteiger partial charge is 0.463 e. The van der Waals surface area contributed by atoms with E-state index in [4.69, 9.17) is 5.11 Å². The van der Waals surface area contributed by atoms with E-state index in [9.17, 15) is 9.18 Å². The van der Waals surface area contributed by atoms with Crippen LogP contribution in [0.4, 0.5) is 9.18 Å². The first-order valence-electron chi connectivity index (χ1n) is 3.98. The van der Waals surface area contributed by atoms with Gasteiger partial charge in [0, 0.05) is 11.5 Å². The van der Waals surface area contributed by atoms with Gasteiger partial charge in [0.25, 0.3) is 0 Å². The van der Waals surface area contributed by atoms with Crippen molar-refractivity contribution < 1.29 is 14.3 Å². The number of rotatable bonds is 0. The molecule has 1 aromatic heterocycles. The highest BCUT2D eigenvalue weighted by atomic mass is 19.1. The molecule has 1 aromatic carbocycles. The zero-order valence-electron chi connectivity index (χ0n) is 7.36. The van der Waals surface area contributed by atoms with Crippen LogP contribution in [0.25, 0.3) is 10.9 Å². The third-order valence-corrected chi connectivity index (χ3v) is 2.01. The van der Waals surface area contributed by atoms with Gasteiger partial charge in [0.1, 0.15) is 5.82 Å². The first-order valence-corrected chi connectivity index (χ1v) is 3.98. The van der Waals surface area contributed by atoms with E-state index < -0.39 is 11.9 Å². The number of hydrogen-bond acceptors (Lipinski definition) is 2. The lowest BCUT2D eigenvalue weighted by atomic mass is 10.2. The van der Waals surface area contributed by atoms with Crippen LogP contribution in [-0.2, 0) is 0 Å². The van der Waals surface area contributed by atoms with E-state index >= 15 is 0 Å². The number of halogens is 1. The zero-order valence-corrected chi connectivity index (χ0v) is 7.36. The summed E-state index contributed by atoms with van der Waals surface area (Å²) >= 11 is 0. The molecule has 0 saturated carbocycles. The number of fused-ring (bicyclic) bond motifs is 1. The molecule has 14 heavy (non-hydrogen) atoms. The maximum absolute atomic E-state index is 12.9. The van der Waals surface area contributed by atoms with E-state index in [1.165, 1.54) is 12.1 Å². The van der Waals surface area contributed by atoms with Crippen molar-refractivity contribution in [1.82, 2.24) is 9.78 Å². The Hall–Kier alpha value is -1.91. The van der Waals surface area contributed by atoms with E-state index in [1.807, 2.05) is 0 Å². The molecular formula is C9H7FN2O2. The fraction of sp³-hybridized carbons (Fsp3) is 0.111. The summed E-state index contributed by atoms with van der Waals surface area (Å²) in [5.41, 5.74) is 0.845. The molecule has 0 aliphatic rings. The predicted octanol–water partition coefficient (Wildman–Crippen LogP) is 2.01. The molecule has 1 N–H and O–H groups in total. The number of nitrogens with zero attached hydrogens (tertiary/aromatic N) is 2. The molecule has 0 aliphatic carbocycles. The predicted molar refractivity (Wildman–Crippen MR) is 47.9 cm³/mol. The van der Waals surface area contributed by atoms with Gasteiger partial charge in [0.15, 0.2) is 0 Å². The Labute approximate surface area is 78.6 Å². The van der Waals surface area contributed by atoms with Crippen molar-refractivity contribution in [3.8, 4) is 0 Å². The van der Waals surface area contributed by atoms with Crippen LogP contribution in [0.15, 0.2) is 18.2 Å². The Morgan fingerprint density at radius 2 is 2.29 bits per heavy atom. The van der Waals surface area contributed by atoms with Gasteiger partial charge in [-0.1, -0.05) is 0 Å². The van der Waals surface area contributed by atoms with E-state index in [1.54, 1.807) is 6.92 Å². The molecule has 1 heterocycles. The van der Waals surface area contributed by atoms with Gasteiger partial charge in [-0.05, 0) is 19.1 Å². The highest BCUT2D eigenvalue weighted by Crippen LogP contribution is 2.18. The van der Waals surface area contributed by atoms with Crippen LogP contribution in [0.1, 0.15) is 5.69 Å². The summed E-state index contributed by atoms with van der Waals surface area (Å²) in [7, 11) is 0. The van der Waals surface area contributed by atoms with Gasteiger partial charge >= 0.3 is 6.09 Å². The summed E-state index contributed by atoms with van der Waals surface area (Å²) in [6, 6.07) is 3.96. The van der Waals surface area contributed by atoms with E-state index in [0.717, 1.165) is 10.7 Å². The maximum Gasteiger partial charge on any atom is 0.432 e. The van der Waals surface area contributed by atoms with Crippen LogP contribution < -0.4 is 0 Å². The van der Waals surface area contributed by atoms with Crippen molar-refractivity contribution in [2.75, 3.05) is 0 Å². The first-order chi connectivity index (χ1) is 6.59. The Morgan fingerprint density at radius 1 is 1.57 bits per heavy atom. The molecule has 0 saturated heterocycles. The minimum atomic E-state index is -1.21. The van der Waals surface area contributed by atoms with Gasteiger partial charge in [0.2, 0.25) is 0 Å². The summed E-state index contributed by atoms with van der Waals surface area (Å²) in [6.45, 7) is 1.68. The second-order valence-corrected chi connectivity index (χ2v) is 2.94. The molecule has 4 nitrogen and oxygen atoms in total. The second-order valence-electron chi connectivity index (χ2n) is 2.94. The van der Waals surface area contributed by atoms with E-state index in [-0.39, 0.29) is 5.52 Å². The number of aromatic nitrogens is 2. The Balaban J connectivity index is 2.85. The Morgan fingerprint density at radius 3 is 2.93 bits per heavy atom. The smallest absolute Gasteiger partial charge is 0.432 e. The summed E-state index contributed by atoms with van der Waals surface area (Å²) in [5, 5.41) is 13.2. The van der Waals surface area contributed by atoms with Crippen molar-refractivity contribution in [3.05, 3.63) is 29.7 Å². The van der Waals surface area contributed by atoms with Crippen LogP contribution >= 0.6 is 0 Å². The average molecular weight is 194 g/mol. The minimum absolute atomic E-state index is 0.273. The van der Waals surface area contributed by atoms with Gasteiger partial charge in [-0.3, -0.25) is 0 Å². The standard InChI is InChI=1S/C9H7FN2O2/c1-5-7-3-2-6(10)4-8(7)12(11-5)9(13)14/h2-4H,1H3,(H,13,14). The van der Waals surface area contributed by atoms with Crippen molar-refractivity contribution >= 4 is 17.0 Å². The molecule has 72 valence electrons. The fourth-order valence-electron chi connectivity index (χ4n) is 1.39. The number of aryl methyl sites for hydroxylation is 1. The van der Waals surface area contributed by atoms with Gasteiger partial charge in [-0.25, -0.2) is 9.18 Å². The lowest BCUT2D eigenvalue weighted by Gasteiger charge is -1.94. The number of carboxylic acid groups (broad SMARTS) is 1. The van der Waals surface area contributed by atoms with Crippen LogP contribution in [-0.4, -0.2) is 21.0 Å². The molecule has 0 spiro atoms. The quantitative estimate of drug-likeness (QED) is 0.697. The van der Waals surface area contributed by atoms with Crippen molar-refractivity contribution in [2.45, 2.75) is 6.92 Å². The minimum Gasteiger partial charge on any atom is -0.463 e. The van der Waals surface area contributed by atoms with Crippen molar-refractivity contribution in [3.63, 3.8) is 0 Å². The van der Waals surface area contributed by atoms with Crippen LogP contribution in [0.5, 0.6) is 0 Å². The second kappa shape index (κ2) is 2.80. The summed E-state index contributed by atoms with van der Waals surface area (Å²) in [6.07, 6.45) is -1.21. The van der Waals surface area contributed by atoms with Gasteiger partial charge in [-0.2, -0.15) is 9.78 Å². The molecule has 2 rings (SSSR count). The monoisotopic (exact) mass is 194 g/mol. The van der Waals surface area contributed by atoms with Crippen LogP contribution in [0, 0.1) is 12.7 Å². The lowest BCUT2D eigenvalue weighted by Crippen LogP contribution is -2.09. The van der Waals surface area contributed by atoms with E-state index in [0.29, 0.717) is 11.1 Å². The number of benzene rings is 1. The van der Waals surface area contributed by atoms with Gasteiger partial charge in [0.05, 0.1) is 11.2 Å². The third-order valence-electron chi connectivity index (χ3n) is 2.01. The molecule has 0 amide bonds. The lowest BCUT2D eigenvalue weighted by molar-refractivity contribution is 0.194. The highest BCUT2D eigenvalue weighted by Gasteiger charge is 2.12. The first kappa shape index (κ1) is 8.68. The highest BCUT2D eigenvalue weighted by molar-refractivity contribution is 5.88. The number of hydrogen-bond donors (Lipinski definition) is 1. The van der Waals surface area contributed by atoms with Gasteiger partial charge < -0.3 is 5.11 Å². The van der Waals surface area contributed by atoms with Crippen LogP contribution in [0.2, 0.25) is 0 Å². The normalized spacial score (nSPS) is 10.7. The van der Waals surface area contributed by atoms with Crippen LogP contribution in [0.3, 0.4) is 0 Å². The SMILES string of the molecule is Cc1nn(C(=O)O)c2cc(F)ccc12. The fourth-order valence-corrected chi connectivity index (χ4v) is 1.39. The zero-order chi connectivity index (χ0) is 10.3. The van der Waals surface area contributed by atoms with Crippen molar-refractivity contribution in [1.29, 1.82) is 0 Å². The summed E-state index contributed by atoms with van der Waals surface area (Å²) < 4.78 is 13.6. The molecule has 0 aliphatic heterocycles. The molecule has 0 fully saturated rings.